The number of nitrogens with one attached hydrogen (secondary N) is 1. The van der Waals surface area contributed by atoms with Gasteiger partial charge < -0.3 is 10.1 Å². The molecule has 0 aliphatic heterocycles. The first-order valence-corrected chi connectivity index (χ1v) is 8.82. The first-order chi connectivity index (χ1) is 11.6. The molecule has 0 radical (unpaired) electrons. The SMILES string of the molecule is COC(=O)c1cccc(NC(=O)c2cc(C)c(C)c(S(N)(=O)=O)c2)c1. The number of aryl methyl sites for hydroxylation is 1. The second kappa shape index (κ2) is 7.04. The lowest BCUT2D eigenvalue weighted by Crippen LogP contribution is -2.18. The van der Waals surface area contributed by atoms with Crippen LogP contribution in [0, 0.1) is 13.8 Å². The molecule has 1 amide bonds. The quantitative estimate of drug-likeness (QED) is 0.807. The van der Waals surface area contributed by atoms with E-state index < -0.39 is 21.9 Å². The third-order valence-electron chi connectivity index (χ3n) is 3.73. The highest BCUT2D eigenvalue weighted by Gasteiger charge is 2.18. The summed E-state index contributed by atoms with van der Waals surface area (Å²) in [6, 6.07) is 9.02. The van der Waals surface area contributed by atoms with Crippen molar-refractivity contribution in [3.63, 3.8) is 0 Å². The van der Waals surface area contributed by atoms with Gasteiger partial charge in [-0.1, -0.05) is 6.07 Å². The number of hydrogen-bond acceptors (Lipinski definition) is 5. The van der Waals surface area contributed by atoms with E-state index in [1.165, 1.54) is 19.2 Å². The summed E-state index contributed by atoms with van der Waals surface area (Å²) in [6.45, 7) is 3.31. The minimum atomic E-state index is -3.95. The molecule has 2 aromatic carbocycles. The van der Waals surface area contributed by atoms with Gasteiger partial charge in [0, 0.05) is 11.3 Å². The van der Waals surface area contributed by atoms with Crippen LogP contribution in [0.4, 0.5) is 5.69 Å². The Hall–Kier alpha value is -2.71. The van der Waals surface area contributed by atoms with E-state index >= 15 is 0 Å². The summed E-state index contributed by atoms with van der Waals surface area (Å²) in [4.78, 5) is 23.9. The van der Waals surface area contributed by atoms with Crippen molar-refractivity contribution in [2.45, 2.75) is 18.7 Å². The second-order valence-electron chi connectivity index (χ2n) is 5.49. The number of carbonyl (C=O) groups excluding carboxylic acids is 2. The second-order valence-corrected chi connectivity index (χ2v) is 7.02. The lowest BCUT2D eigenvalue weighted by molar-refractivity contribution is 0.0600. The van der Waals surface area contributed by atoms with Gasteiger partial charge in [-0.3, -0.25) is 4.79 Å². The normalized spacial score (nSPS) is 11.0. The summed E-state index contributed by atoms with van der Waals surface area (Å²) in [6.07, 6.45) is 0. The molecule has 2 aromatic rings. The molecule has 0 bridgehead atoms. The van der Waals surface area contributed by atoms with E-state index in [9.17, 15) is 18.0 Å². The van der Waals surface area contributed by atoms with Crippen LogP contribution in [0.2, 0.25) is 0 Å². The number of ether oxygens (including phenoxy) is 1. The average Bonchev–Trinajstić information content (AvgIpc) is 2.55. The Bertz CT molecular complexity index is 952. The van der Waals surface area contributed by atoms with Gasteiger partial charge in [-0.05, 0) is 55.3 Å². The molecule has 2 rings (SSSR count). The topological polar surface area (TPSA) is 116 Å². The number of esters is 1. The fraction of sp³-hybridized carbons (Fsp3) is 0.176. The lowest BCUT2D eigenvalue weighted by Gasteiger charge is -2.11. The fourth-order valence-electron chi connectivity index (χ4n) is 2.30. The third kappa shape index (κ3) is 4.23. The summed E-state index contributed by atoms with van der Waals surface area (Å²) in [7, 11) is -2.69. The highest BCUT2D eigenvalue weighted by atomic mass is 32.2. The number of anilines is 1. The number of rotatable bonds is 4. The minimum Gasteiger partial charge on any atom is -0.465 e. The highest BCUT2D eigenvalue weighted by molar-refractivity contribution is 7.89. The molecule has 3 N–H and O–H groups in total. The lowest BCUT2D eigenvalue weighted by atomic mass is 10.1. The molecule has 0 aliphatic carbocycles. The Labute approximate surface area is 145 Å². The van der Waals surface area contributed by atoms with Gasteiger partial charge in [0.25, 0.3) is 5.91 Å². The molecule has 132 valence electrons. The predicted molar refractivity (Wildman–Crippen MR) is 93.0 cm³/mol. The summed E-state index contributed by atoms with van der Waals surface area (Å²) in [5.74, 6) is -1.05. The van der Waals surface area contributed by atoms with E-state index in [-0.39, 0.29) is 16.0 Å². The number of hydrogen-bond donors (Lipinski definition) is 2. The van der Waals surface area contributed by atoms with Crippen LogP contribution >= 0.6 is 0 Å². The van der Waals surface area contributed by atoms with Gasteiger partial charge in [0.05, 0.1) is 17.6 Å². The van der Waals surface area contributed by atoms with Crippen LogP contribution in [0.5, 0.6) is 0 Å². The van der Waals surface area contributed by atoms with E-state index in [4.69, 9.17) is 5.14 Å². The average molecular weight is 362 g/mol. The number of amides is 1. The van der Waals surface area contributed by atoms with Crippen molar-refractivity contribution in [3.05, 3.63) is 58.7 Å². The van der Waals surface area contributed by atoms with Crippen molar-refractivity contribution < 1.29 is 22.7 Å². The van der Waals surface area contributed by atoms with Crippen molar-refractivity contribution in [2.75, 3.05) is 12.4 Å². The number of benzene rings is 2. The Morgan fingerprint density at radius 1 is 1.08 bits per heavy atom. The number of primary sulfonamides is 1. The Kier molecular flexibility index (Phi) is 5.24. The van der Waals surface area contributed by atoms with Crippen LogP contribution in [0.15, 0.2) is 41.3 Å². The van der Waals surface area contributed by atoms with Crippen LogP contribution in [0.1, 0.15) is 31.8 Å². The van der Waals surface area contributed by atoms with Crippen LogP contribution in [0.25, 0.3) is 0 Å². The Balaban J connectivity index is 2.36. The van der Waals surface area contributed by atoms with E-state index in [1.807, 2.05) is 0 Å². The molecule has 0 atom stereocenters. The zero-order valence-corrected chi connectivity index (χ0v) is 14.8. The number of nitrogens with two attached hydrogens (primary N) is 1. The number of carbonyl (C=O) groups is 2. The van der Waals surface area contributed by atoms with Gasteiger partial charge in [-0.25, -0.2) is 18.4 Å². The van der Waals surface area contributed by atoms with E-state index in [0.29, 0.717) is 16.8 Å². The highest BCUT2D eigenvalue weighted by Crippen LogP contribution is 2.21. The first kappa shape index (κ1) is 18.6. The molecule has 0 aliphatic rings. The summed E-state index contributed by atoms with van der Waals surface area (Å²) < 4.78 is 28.0. The summed E-state index contributed by atoms with van der Waals surface area (Å²) >= 11 is 0. The first-order valence-electron chi connectivity index (χ1n) is 7.27. The number of sulfonamides is 1. The van der Waals surface area contributed by atoms with Crippen molar-refractivity contribution in [2.24, 2.45) is 5.14 Å². The van der Waals surface area contributed by atoms with E-state index in [0.717, 1.165) is 0 Å². The summed E-state index contributed by atoms with van der Waals surface area (Å²) in [5, 5.41) is 7.83. The smallest absolute Gasteiger partial charge is 0.337 e. The fourth-order valence-corrected chi connectivity index (χ4v) is 3.18. The largest absolute Gasteiger partial charge is 0.465 e. The van der Waals surface area contributed by atoms with E-state index in [2.05, 4.69) is 10.1 Å². The van der Waals surface area contributed by atoms with Crippen molar-refractivity contribution in [1.82, 2.24) is 0 Å². The van der Waals surface area contributed by atoms with Gasteiger partial charge >= 0.3 is 5.97 Å². The molecule has 0 saturated heterocycles. The van der Waals surface area contributed by atoms with Gasteiger partial charge in [-0.2, -0.15) is 0 Å². The maximum Gasteiger partial charge on any atom is 0.337 e. The molecule has 7 nitrogen and oxygen atoms in total. The zero-order chi connectivity index (χ0) is 18.8. The van der Waals surface area contributed by atoms with Crippen molar-refractivity contribution in [1.29, 1.82) is 0 Å². The minimum absolute atomic E-state index is 0.0963. The summed E-state index contributed by atoms with van der Waals surface area (Å²) in [5.41, 5.74) is 1.93. The predicted octanol–water partition coefficient (Wildman–Crippen LogP) is 1.99. The van der Waals surface area contributed by atoms with Crippen molar-refractivity contribution >= 4 is 27.6 Å². The van der Waals surface area contributed by atoms with E-state index in [1.54, 1.807) is 38.1 Å². The molecule has 0 spiro atoms. The van der Waals surface area contributed by atoms with Gasteiger partial charge in [0.2, 0.25) is 10.0 Å². The Morgan fingerprint density at radius 3 is 2.36 bits per heavy atom. The molecule has 25 heavy (non-hydrogen) atoms. The maximum absolute atomic E-state index is 12.4. The van der Waals surface area contributed by atoms with Crippen LogP contribution in [-0.4, -0.2) is 27.4 Å². The molecule has 0 fully saturated rings. The third-order valence-corrected chi connectivity index (χ3v) is 4.77. The zero-order valence-electron chi connectivity index (χ0n) is 14.0. The molecule has 0 heterocycles. The number of methoxy groups -OCH3 is 1. The molecule has 0 saturated carbocycles. The maximum atomic E-state index is 12.4. The molecule has 0 aromatic heterocycles. The molecular formula is C17H18N2O5S. The molecular weight excluding hydrogens is 344 g/mol. The van der Waals surface area contributed by atoms with Crippen LogP contribution in [-0.2, 0) is 14.8 Å². The monoisotopic (exact) mass is 362 g/mol. The standard InChI is InChI=1S/C17H18N2O5S/c1-10-7-13(9-15(11(10)2)25(18,22)23)16(20)19-14-6-4-5-12(8-14)17(21)24-3/h4-9H,1-3H3,(H,19,20)(H2,18,22,23). The Morgan fingerprint density at radius 2 is 1.76 bits per heavy atom. The van der Waals surface area contributed by atoms with Gasteiger partial charge in [-0.15, -0.1) is 0 Å². The molecule has 0 unspecified atom stereocenters. The molecule has 8 heteroatoms. The van der Waals surface area contributed by atoms with Crippen LogP contribution in [0.3, 0.4) is 0 Å². The van der Waals surface area contributed by atoms with Crippen LogP contribution < -0.4 is 10.5 Å². The van der Waals surface area contributed by atoms with Crippen molar-refractivity contribution in [3.8, 4) is 0 Å². The van der Waals surface area contributed by atoms with Gasteiger partial charge in [0.1, 0.15) is 0 Å². The van der Waals surface area contributed by atoms with Gasteiger partial charge in [0.15, 0.2) is 0 Å².